The maximum atomic E-state index is 11.8. The Morgan fingerprint density at radius 3 is 2.59 bits per heavy atom. The number of nitrogens with two attached hydrogens (primary N) is 1. The Hall–Kier alpha value is -0.750. The molecule has 94 valence electrons. The molecule has 0 radical (unpaired) electrons. The average molecular weight is 295 g/mol. The fourth-order valence-electron chi connectivity index (χ4n) is 1.09. The smallest absolute Gasteiger partial charge is 0.241 e. The van der Waals surface area contributed by atoms with Crippen LogP contribution in [-0.2, 0) is 10.0 Å². The molecule has 0 aliphatic carbocycles. The van der Waals surface area contributed by atoms with Gasteiger partial charge in [-0.2, -0.15) is 0 Å². The van der Waals surface area contributed by atoms with Crippen LogP contribution in [0.2, 0.25) is 5.02 Å². The monoisotopic (exact) mass is 294 g/mol. The van der Waals surface area contributed by atoms with Gasteiger partial charge in [-0.1, -0.05) is 29.8 Å². The van der Waals surface area contributed by atoms with Gasteiger partial charge in [-0.25, -0.2) is 13.1 Å². The van der Waals surface area contributed by atoms with Gasteiger partial charge in [0.05, 0.1) is 4.90 Å². The van der Waals surface area contributed by atoms with E-state index in [4.69, 9.17) is 28.9 Å². The molecule has 17 heavy (non-hydrogen) atoms. The first-order valence-corrected chi connectivity index (χ1v) is 6.86. The van der Waals surface area contributed by atoms with Crippen LogP contribution in [0, 0.1) is 6.92 Å². The van der Waals surface area contributed by atoms with E-state index in [1.165, 1.54) is 12.1 Å². The van der Waals surface area contributed by atoms with Gasteiger partial charge < -0.3 is 5.73 Å². The van der Waals surface area contributed by atoms with Crippen LogP contribution in [0.4, 0.5) is 5.69 Å². The SMILES string of the molecule is C=C(Cl)CNS(=O)(=O)c1cc(N)c(C)c(Cl)c1. The zero-order chi connectivity index (χ0) is 13.2. The van der Waals surface area contributed by atoms with Crippen LogP contribution in [0.1, 0.15) is 5.56 Å². The van der Waals surface area contributed by atoms with Crippen molar-refractivity contribution >= 4 is 38.9 Å². The highest BCUT2D eigenvalue weighted by Gasteiger charge is 2.16. The molecule has 0 spiro atoms. The lowest BCUT2D eigenvalue weighted by molar-refractivity contribution is 0.585. The third-order valence-corrected chi connectivity index (χ3v) is 4.03. The largest absolute Gasteiger partial charge is 0.398 e. The first kappa shape index (κ1) is 14.3. The van der Waals surface area contributed by atoms with Crippen molar-refractivity contribution in [2.24, 2.45) is 0 Å². The first-order chi connectivity index (χ1) is 7.74. The average Bonchev–Trinajstić information content (AvgIpc) is 2.22. The predicted octanol–water partition coefficient (Wildman–Crippen LogP) is 2.26. The molecule has 0 amide bonds. The first-order valence-electron chi connectivity index (χ1n) is 4.62. The summed E-state index contributed by atoms with van der Waals surface area (Å²) in [5, 5.41) is 0.495. The molecule has 1 aromatic rings. The van der Waals surface area contributed by atoms with Crippen molar-refractivity contribution < 1.29 is 8.42 Å². The molecule has 0 saturated carbocycles. The van der Waals surface area contributed by atoms with E-state index in [0.29, 0.717) is 16.3 Å². The molecule has 0 saturated heterocycles. The number of nitrogen functional groups attached to an aromatic ring is 1. The predicted molar refractivity (Wildman–Crippen MR) is 70.8 cm³/mol. The molecule has 0 unspecified atom stereocenters. The van der Waals surface area contributed by atoms with E-state index in [0.717, 1.165) is 0 Å². The van der Waals surface area contributed by atoms with Crippen molar-refractivity contribution in [1.82, 2.24) is 4.72 Å². The highest BCUT2D eigenvalue weighted by Crippen LogP contribution is 2.25. The normalized spacial score (nSPS) is 11.5. The Balaban J connectivity index is 3.12. The number of hydrogen-bond acceptors (Lipinski definition) is 3. The molecule has 4 nitrogen and oxygen atoms in total. The molecular formula is C10H12Cl2N2O2S. The van der Waals surface area contributed by atoms with E-state index in [9.17, 15) is 8.42 Å². The van der Waals surface area contributed by atoms with Crippen LogP contribution in [0.3, 0.4) is 0 Å². The van der Waals surface area contributed by atoms with Crippen LogP contribution in [0.25, 0.3) is 0 Å². The van der Waals surface area contributed by atoms with E-state index < -0.39 is 10.0 Å². The number of sulfonamides is 1. The summed E-state index contributed by atoms with van der Waals surface area (Å²) in [6.45, 7) is 5.05. The summed E-state index contributed by atoms with van der Waals surface area (Å²) in [5.41, 5.74) is 6.62. The van der Waals surface area contributed by atoms with Crippen molar-refractivity contribution in [3.63, 3.8) is 0 Å². The standard InChI is InChI=1S/C10H12Cl2N2O2S/c1-6(11)5-14-17(15,16)8-3-9(12)7(2)10(13)4-8/h3-4,14H,1,5,13H2,2H3. The summed E-state index contributed by atoms with van der Waals surface area (Å²) < 4.78 is 25.9. The molecule has 0 atom stereocenters. The van der Waals surface area contributed by atoms with Crippen molar-refractivity contribution in [1.29, 1.82) is 0 Å². The van der Waals surface area contributed by atoms with E-state index in [2.05, 4.69) is 11.3 Å². The van der Waals surface area contributed by atoms with Crippen LogP contribution in [-0.4, -0.2) is 15.0 Å². The number of benzene rings is 1. The summed E-state index contributed by atoms with van der Waals surface area (Å²) in [5.74, 6) is 0. The van der Waals surface area contributed by atoms with Gasteiger partial charge in [-0.15, -0.1) is 0 Å². The number of nitrogens with one attached hydrogen (secondary N) is 1. The minimum absolute atomic E-state index is 0.00326. The molecule has 7 heteroatoms. The number of halogens is 2. The second-order valence-electron chi connectivity index (χ2n) is 3.46. The highest BCUT2D eigenvalue weighted by molar-refractivity contribution is 7.89. The topological polar surface area (TPSA) is 72.2 Å². The van der Waals surface area contributed by atoms with Crippen LogP contribution >= 0.6 is 23.2 Å². The molecule has 0 aliphatic rings. The van der Waals surface area contributed by atoms with Crippen molar-refractivity contribution in [2.45, 2.75) is 11.8 Å². The Labute approximate surface area is 110 Å². The van der Waals surface area contributed by atoms with E-state index in [1.54, 1.807) is 6.92 Å². The van der Waals surface area contributed by atoms with Crippen molar-refractivity contribution in [2.75, 3.05) is 12.3 Å². The van der Waals surface area contributed by atoms with Gasteiger partial charge in [0, 0.05) is 22.3 Å². The Morgan fingerprint density at radius 1 is 1.53 bits per heavy atom. The lowest BCUT2D eigenvalue weighted by Gasteiger charge is -2.09. The molecule has 0 aromatic heterocycles. The zero-order valence-corrected chi connectivity index (χ0v) is 11.5. The van der Waals surface area contributed by atoms with E-state index in [1.807, 2.05) is 0 Å². The molecule has 1 rings (SSSR count). The third-order valence-electron chi connectivity index (χ3n) is 2.12. The van der Waals surface area contributed by atoms with Crippen LogP contribution in [0.5, 0.6) is 0 Å². The second-order valence-corrected chi connectivity index (χ2v) is 6.17. The lowest BCUT2D eigenvalue weighted by atomic mass is 10.2. The molecular weight excluding hydrogens is 283 g/mol. The Bertz CT molecular complexity index is 532. The van der Waals surface area contributed by atoms with Crippen LogP contribution in [0.15, 0.2) is 28.6 Å². The summed E-state index contributed by atoms with van der Waals surface area (Å²) >= 11 is 11.4. The summed E-state index contributed by atoms with van der Waals surface area (Å²) in [7, 11) is -3.68. The van der Waals surface area contributed by atoms with Gasteiger partial charge >= 0.3 is 0 Å². The quantitative estimate of drug-likeness (QED) is 0.837. The summed E-state index contributed by atoms with van der Waals surface area (Å²) in [4.78, 5) is 0.00326. The summed E-state index contributed by atoms with van der Waals surface area (Å²) in [6.07, 6.45) is 0. The van der Waals surface area contributed by atoms with Gasteiger partial charge in [0.1, 0.15) is 0 Å². The van der Waals surface area contributed by atoms with Crippen LogP contribution < -0.4 is 10.5 Å². The highest BCUT2D eigenvalue weighted by atomic mass is 35.5. The fourth-order valence-corrected chi connectivity index (χ4v) is 2.61. The van der Waals surface area contributed by atoms with Gasteiger partial charge in [0.15, 0.2) is 0 Å². The van der Waals surface area contributed by atoms with E-state index in [-0.39, 0.29) is 16.5 Å². The fraction of sp³-hybridized carbons (Fsp3) is 0.200. The second kappa shape index (κ2) is 5.27. The molecule has 1 aromatic carbocycles. The van der Waals surface area contributed by atoms with Crippen molar-refractivity contribution in [3.05, 3.63) is 34.3 Å². The summed E-state index contributed by atoms with van der Waals surface area (Å²) in [6, 6.07) is 2.69. The molecule has 0 aliphatic heterocycles. The van der Waals surface area contributed by atoms with Gasteiger partial charge in [0.25, 0.3) is 0 Å². The minimum Gasteiger partial charge on any atom is -0.398 e. The molecule has 0 fully saturated rings. The van der Waals surface area contributed by atoms with Gasteiger partial charge in [-0.05, 0) is 24.6 Å². The van der Waals surface area contributed by atoms with Gasteiger partial charge in [0.2, 0.25) is 10.0 Å². The molecule has 0 bridgehead atoms. The maximum Gasteiger partial charge on any atom is 0.241 e. The number of hydrogen-bond donors (Lipinski definition) is 2. The number of rotatable bonds is 4. The Morgan fingerprint density at radius 2 is 2.12 bits per heavy atom. The maximum absolute atomic E-state index is 11.8. The molecule has 0 heterocycles. The third kappa shape index (κ3) is 3.61. The van der Waals surface area contributed by atoms with Crippen molar-refractivity contribution in [3.8, 4) is 0 Å². The lowest BCUT2D eigenvalue weighted by Crippen LogP contribution is -2.25. The van der Waals surface area contributed by atoms with E-state index >= 15 is 0 Å². The Kier molecular flexibility index (Phi) is 4.43. The molecule has 3 N–H and O–H groups in total. The van der Waals surface area contributed by atoms with Gasteiger partial charge in [-0.3, -0.25) is 0 Å². The number of anilines is 1. The zero-order valence-electron chi connectivity index (χ0n) is 9.13. The minimum atomic E-state index is -3.68.